The minimum atomic E-state index is -0.856. The van der Waals surface area contributed by atoms with E-state index in [2.05, 4.69) is 19.2 Å². The van der Waals surface area contributed by atoms with E-state index in [4.69, 9.17) is 9.47 Å². The molecule has 27 heavy (non-hydrogen) atoms. The molecular weight excluding hydrogens is 342 g/mol. The van der Waals surface area contributed by atoms with E-state index < -0.39 is 12.1 Å². The smallest absolute Gasteiger partial charge is 0.338 e. The number of hydrogen-bond donors (Lipinski definition) is 1. The molecule has 2 aromatic rings. The normalized spacial score (nSPS) is 11.7. The summed E-state index contributed by atoms with van der Waals surface area (Å²) < 4.78 is 10.8. The second-order valence-corrected chi connectivity index (χ2v) is 6.80. The molecule has 0 unspecified atom stereocenters. The van der Waals surface area contributed by atoms with Crippen molar-refractivity contribution >= 4 is 11.9 Å². The fraction of sp³-hybridized carbons (Fsp3) is 0.364. The first-order valence-electron chi connectivity index (χ1n) is 9.21. The van der Waals surface area contributed by atoms with Crippen molar-refractivity contribution < 1.29 is 19.1 Å². The van der Waals surface area contributed by atoms with Gasteiger partial charge in [0.15, 0.2) is 6.10 Å². The van der Waals surface area contributed by atoms with Crippen molar-refractivity contribution in [1.29, 1.82) is 0 Å². The topological polar surface area (TPSA) is 64.6 Å². The van der Waals surface area contributed by atoms with E-state index in [0.29, 0.717) is 30.4 Å². The fourth-order valence-electron chi connectivity index (χ4n) is 2.35. The van der Waals surface area contributed by atoms with Crippen LogP contribution >= 0.6 is 0 Å². The summed E-state index contributed by atoms with van der Waals surface area (Å²) in [6, 6.07) is 16.6. The molecule has 0 spiro atoms. The molecule has 1 atom stereocenters. The third kappa shape index (κ3) is 7.13. The average Bonchev–Trinajstić information content (AvgIpc) is 2.67. The second kappa shape index (κ2) is 10.4. The zero-order valence-electron chi connectivity index (χ0n) is 16.1. The summed E-state index contributed by atoms with van der Waals surface area (Å²) in [6.07, 6.45) is -0.129. The van der Waals surface area contributed by atoms with Gasteiger partial charge in [0.25, 0.3) is 5.91 Å². The highest BCUT2D eigenvalue weighted by Crippen LogP contribution is 2.14. The number of esters is 1. The SMILES string of the molecule is CC(C)COc1ccc(C(=O)O[C@H](C)C(=O)NCCc2ccccc2)cc1. The fourth-order valence-corrected chi connectivity index (χ4v) is 2.35. The summed E-state index contributed by atoms with van der Waals surface area (Å²) in [4.78, 5) is 24.3. The van der Waals surface area contributed by atoms with Crippen LogP contribution in [0.25, 0.3) is 0 Å². The summed E-state index contributed by atoms with van der Waals surface area (Å²) in [5.74, 6) is 0.287. The van der Waals surface area contributed by atoms with Gasteiger partial charge in [-0.1, -0.05) is 44.2 Å². The molecule has 1 N–H and O–H groups in total. The van der Waals surface area contributed by atoms with E-state index >= 15 is 0 Å². The maximum absolute atomic E-state index is 12.2. The minimum absolute atomic E-state index is 0.309. The highest BCUT2D eigenvalue weighted by molar-refractivity contribution is 5.92. The maximum atomic E-state index is 12.2. The monoisotopic (exact) mass is 369 g/mol. The molecule has 0 heterocycles. The lowest BCUT2D eigenvalue weighted by molar-refractivity contribution is -0.129. The van der Waals surface area contributed by atoms with E-state index in [0.717, 1.165) is 12.0 Å². The van der Waals surface area contributed by atoms with Crippen LogP contribution in [0.5, 0.6) is 5.75 Å². The lowest BCUT2D eigenvalue weighted by atomic mass is 10.1. The highest BCUT2D eigenvalue weighted by Gasteiger charge is 2.18. The van der Waals surface area contributed by atoms with Gasteiger partial charge in [-0.05, 0) is 49.1 Å². The second-order valence-electron chi connectivity index (χ2n) is 6.80. The lowest BCUT2D eigenvalue weighted by Crippen LogP contribution is -2.36. The average molecular weight is 369 g/mol. The predicted octanol–water partition coefficient (Wildman–Crippen LogP) is 3.63. The Hall–Kier alpha value is -2.82. The van der Waals surface area contributed by atoms with E-state index in [9.17, 15) is 9.59 Å². The van der Waals surface area contributed by atoms with Crippen molar-refractivity contribution in [3.05, 3.63) is 65.7 Å². The number of ether oxygens (including phenoxy) is 2. The summed E-state index contributed by atoms with van der Waals surface area (Å²) in [5, 5.41) is 2.79. The van der Waals surface area contributed by atoms with Crippen LogP contribution in [0.15, 0.2) is 54.6 Å². The number of carbonyl (C=O) groups excluding carboxylic acids is 2. The molecule has 0 saturated heterocycles. The minimum Gasteiger partial charge on any atom is -0.493 e. The first kappa shape index (κ1) is 20.5. The number of carbonyl (C=O) groups is 2. The number of hydrogen-bond acceptors (Lipinski definition) is 4. The maximum Gasteiger partial charge on any atom is 0.338 e. The van der Waals surface area contributed by atoms with Crippen LogP contribution in [0.2, 0.25) is 0 Å². The van der Waals surface area contributed by atoms with Crippen molar-refractivity contribution in [2.45, 2.75) is 33.3 Å². The van der Waals surface area contributed by atoms with Gasteiger partial charge in [-0.15, -0.1) is 0 Å². The zero-order valence-corrected chi connectivity index (χ0v) is 16.1. The summed E-state index contributed by atoms with van der Waals surface area (Å²) in [5.41, 5.74) is 1.53. The zero-order chi connectivity index (χ0) is 19.6. The van der Waals surface area contributed by atoms with E-state index in [1.165, 1.54) is 0 Å². The molecule has 5 nitrogen and oxygen atoms in total. The molecular formula is C22H27NO4. The molecule has 0 aromatic heterocycles. The van der Waals surface area contributed by atoms with E-state index in [1.807, 2.05) is 30.3 Å². The molecule has 0 aliphatic rings. The Balaban J connectivity index is 1.77. The Morgan fingerprint density at radius 1 is 0.963 bits per heavy atom. The quantitative estimate of drug-likeness (QED) is 0.686. The van der Waals surface area contributed by atoms with Crippen LogP contribution in [0.4, 0.5) is 0 Å². The van der Waals surface area contributed by atoms with Gasteiger partial charge in [0.1, 0.15) is 5.75 Å². The number of nitrogens with one attached hydrogen (secondary N) is 1. The van der Waals surface area contributed by atoms with Crippen molar-refractivity contribution in [2.75, 3.05) is 13.2 Å². The van der Waals surface area contributed by atoms with Crippen LogP contribution in [0.1, 0.15) is 36.7 Å². The summed E-state index contributed by atoms with van der Waals surface area (Å²) >= 11 is 0. The summed E-state index contributed by atoms with van der Waals surface area (Å²) in [7, 11) is 0. The van der Waals surface area contributed by atoms with Crippen molar-refractivity contribution in [3.8, 4) is 5.75 Å². The molecule has 5 heteroatoms. The standard InChI is InChI=1S/C22H27NO4/c1-16(2)15-26-20-11-9-19(10-12-20)22(25)27-17(3)21(24)23-14-13-18-7-5-4-6-8-18/h4-12,16-17H,13-15H2,1-3H3,(H,23,24)/t17-/m1/s1. The molecule has 1 amide bonds. The number of benzene rings is 2. The molecule has 0 radical (unpaired) electrons. The molecule has 2 rings (SSSR count). The van der Waals surface area contributed by atoms with Crippen LogP contribution in [0.3, 0.4) is 0 Å². The Labute approximate surface area is 160 Å². The van der Waals surface area contributed by atoms with Gasteiger partial charge in [-0.25, -0.2) is 4.79 Å². The largest absolute Gasteiger partial charge is 0.493 e. The number of amides is 1. The molecule has 2 aromatic carbocycles. The Morgan fingerprint density at radius 2 is 1.63 bits per heavy atom. The van der Waals surface area contributed by atoms with Gasteiger partial charge in [-0.2, -0.15) is 0 Å². The molecule has 0 aliphatic heterocycles. The van der Waals surface area contributed by atoms with E-state index in [1.54, 1.807) is 31.2 Å². The number of rotatable bonds is 9. The van der Waals surface area contributed by atoms with Crippen LogP contribution in [-0.2, 0) is 16.0 Å². The highest BCUT2D eigenvalue weighted by atomic mass is 16.5. The molecule has 0 bridgehead atoms. The van der Waals surface area contributed by atoms with E-state index in [-0.39, 0.29) is 5.91 Å². The van der Waals surface area contributed by atoms with Gasteiger partial charge < -0.3 is 14.8 Å². The molecule has 0 saturated carbocycles. The molecule has 144 valence electrons. The van der Waals surface area contributed by atoms with Gasteiger partial charge in [-0.3, -0.25) is 4.79 Å². The van der Waals surface area contributed by atoms with Crippen LogP contribution < -0.4 is 10.1 Å². The van der Waals surface area contributed by atoms with Gasteiger partial charge in [0.05, 0.1) is 12.2 Å². The first-order chi connectivity index (χ1) is 13.0. The van der Waals surface area contributed by atoms with Crippen LogP contribution in [0, 0.1) is 5.92 Å². The third-order valence-electron chi connectivity index (χ3n) is 3.88. The van der Waals surface area contributed by atoms with Gasteiger partial charge >= 0.3 is 5.97 Å². The van der Waals surface area contributed by atoms with Gasteiger partial charge in [0, 0.05) is 6.54 Å². The van der Waals surface area contributed by atoms with Crippen molar-refractivity contribution in [2.24, 2.45) is 5.92 Å². The summed E-state index contributed by atoms with van der Waals surface area (Å²) in [6.45, 7) is 6.81. The first-order valence-corrected chi connectivity index (χ1v) is 9.21. The van der Waals surface area contributed by atoms with Crippen molar-refractivity contribution in [1.82, 2.24) is 5.32 Å². The Bertz CT molecular complexity index is 726. The molecule has 0 aliphatic carbocycles. The van der Waals surface area contributed by atoms with Crippen molar-refractivity contribution in [3.63, 3.8) is 0 Å². The Kier molecular flexibility index (Phi) is 7.86. The predicted molar refractivity (Wildman–Crippen MR) is 105 cm³/mol. The molecule has 0 fully saturated rings. The Morgan fingerprint density at radius 3 is 2.26 bits per heavy atom. The van der Waals surface area contributed by atoms with Crippen LogP contribution in [-0.4, -0.2) is 31.1 Å². The third-order valence-corrected chi connectivity index (χ3v) is 3.88. The van der Waals surface area contributed by atoms with Gasteiger partial charge in [0.2, 0.25) is 0 Å². The lowest BCUT2D eigenvalue weighted by Gasteiger charge is -2.14.